The highest BCUT2D eigenvalue weighted by molar-refractivity contribution is 9.09. The maximum Gasteiger partial charge on any atom is 0.474 e. The van der Waals surface area contributed by atoms with E-state index in [0.29, 0.717) is 49.6 Å². The zero-order chi connectivity index (χ0) is 66.0. The summed E-state index contributed by atoms with van der Waals surface area (Å²) in [6.45, 7) is -0.0406. The monoisotopic (exact) mass is 1450 g/mol. The molecule has 0 aromatic carbocycles. The van der Waals surface area contributed by atoms with Crippen molar-refractivity contribution in [2.75, 3.05) is 90.9 Å². The first-order valence-corrected chi connectivity index (χ1v) is 39.7. The molecule has 0 spiro atoms. The van der Waals surface area contributed by atoms with Crippen molar-refractivity contribution in [3.05, 3.63) is 0 Å². The molecule has 0 saturated carbocycles. The summed E-state index contributed by atoms with van der Waals surface area (Å²) in [4.78, 5) is 50.7. The number of halogens is 2. The Kier molecular flexibility index (Phi) is 65.4. The van der Waals surface area contributed by atoms with Crippen LogP contribution in [0.1, 0.15) is 283 Å². The predicted octanol–water partition coefficient (Wildman–Crippen LogP) is 18.5. The van der Waals surface area contributed by atoms with Crippen LogP contribution in [0.4, 0.5) is 0 Å². The van der Waals surface area contributed by atoms with E-state index in [2.05, 4.69) is 31.9 Å². The van der Waals surface area contributed by atoms with Gasteiger partial charge in [0.2, 0.25) is 0 Å². The number of phosphoric ester groups is 2. The van der Waals surface area contributed by atoms with Crippen LogP contribution in [0.25, 0.3) is 0 Å². The number of alkyl halides is 2. The molecule has 20 nitrogen and oxygen atoms in total. The molecule has 0 aliphatic carbocycles. The standard InChI is InChI=1S/C66H120Br2N2O18P2/c1-77-51-39-33-27-31-37-45-65(73)87-61(59-85-89(75,83-55-47-67)81-53-41-49-69)57-79-63(71)43-35-29-25-23-21-19-17-15-13-11-9-7-5-3-4-6-8-10-12-14-16-18-20-22-24-26-30-36-44-64(72)80-58-62(88-66(74)46-38-32-28-34-40-52-78-2)60-86-90(76,84-56-48-68)82-54-42-50-70/h61-62H,3-48,51-60H2,1-2H3/t61-,62-,89?,90?/m1/s1. The fraction of sp³-hybridized carbons (Fsp3) is 0.909. The average Bonchev–Trinajstić information content (AvgIpc) is 3.50. The van der Waals surface area contributed by atoms with Crippen LogP contribution in [-0.2, 0) is 83.9 Å². The van der Waals surface area contributed by atoms with Crippen LogP contribution < -0.4 is 0 Å². The number of ether oxygens (including phenoxy) is 6. The van der Waals surface area contributed by atoms with Gasteiger partial charge in [-0.2, -0.15) is 10.5 Å². The second-order valence-corrected chi connectivity index (χ2v) is 27.9. The highest BCUT2D eigenvalue weighted by Gasteiger charge is 2.31. The number of nitrogens with zero attached hydrogens (tertiary/aromatic N) is 2. The molecule has 0 aromatic heterocycles. The lowest BCUT2D eigenvalue weighted by Crippen LogP contribution is -2.29. The third kappa shape index (κ3) is 60.9. The van der Waals surface area contributed by atoms with Gasteiger partial charge in [0, 0.05) is 63.8 Å². The number of carbonyl (C=O) groups excluding carboxylic acids is 4. The smallest absolute Gasteiger partial charge is 0.462 e. The van der Waals surface area contributed by atoms with Crippen LogP contribution in [0.2, 0.25) is 0 Å². The van der Waals surface area contributed by atoms with Crippen molar-refractivity contribution in [1.29, 1.82) is 10.5 Å². The molecular formula is C66H120Br2N2O18P2. The summed E-state index contributed by atoms with van der Waals surface area (Å²) >= 11 is 6.43. The van der Waals surface area contributed by atoms with Crippen LogP contribution in [0.5, 0.6) is 0 Å². The van der Waals surface area contributed by atoms with Gasteiger partial charge in [-0.3, -0.25) is 46.3 Å². The maximum absolute atomic E-state index is 13.1. The molecule has 0 bridgehead atoms. The molecule has 0 aliphatic rings. The van der Waals surface area contributed by atoms with Gasteiger partial charge in [-0.25, -0.2) is 9.13 Å². The summed E-state index contributed by atoms with van der Waals surface area (Å²) in [6.07, 6.45) is 41.8. The quantitative estimate of drug-likeness (QED) is 0.0180. The van der Waals surface area contributed by atoms with E-state index in [9.17, 15) is 28.3 Å². The summed E-state index contributed by atoms with van der Waals surface area (Å²) in [5, 5.41) is 18.5. The van der Waals surface area contributed by atoms with Crippen molar-refractivity contribution in [3.63, 3.8) is 0 Å². The topological polar surface area (TPSA) is 261 Å². The molecule has 0 saturated heterocycles. The fourth-order valence-corrected chi connectivity index (χ4v) is 13.0. The normalized spacial score (nSPS) is 13.4. The van der Waals surface area contributed by atoms with Gasteiger partial charge in [0.15, 0.2) is 12.2 Å². The van der Waals surface area contributed by atoms with Gasteiger partial charge in [-0.1, -0.05) is 237 Å². The molecule has 526 valence electrons. The molecule has 90 heavy (non-hydrogen) atoms. The molecule has 0 heterocycles. The minimum atomic E-state index is -4.06. The summed E-state index contributed by atoms with van der Waals surface area (Å²) < 4.78 is 90.7. The van der Waals surface area contributed by atoms with Crippen LogP contribution in [0.15, 0.2) is 0 Å². The minimum absolute atomic E-state index is 0.00949. The van der Waals surface area contributed by atoms with Crippen molar-refractivity contribution in [2.24, 2.45) is 0 Å². The Balaban J connectivity index is 4.03. The molecule has 0 rings (SSSR count). The lowest BCUT2D eigenvalue weighted by Gasteiger charge is -2.22. The highest BCUT2D eigenvalue weighted by Crippen LogP contribution is 2.50. The third-order valence-electron chi connectivity index (χ3n) is 14.8. The number of phosphoric acid groups is 2. The van der Waals surface area contributed by atoms with Crippen molar-refractivity contribution in [1.82, 2.24) is 0 Å². The molecule has 4 atom stereocenters. The maximum atomic E-state index is 13.1. The summed E-state index contributed by atoms with van der Waals surface area (Å²) in [5.74, 6) is -1.70. The Morgan fingerprint density at radius 1 is 0.322 bits per heavy atom. The number of rotatable bonds is 71. The van der Waals surface area contributed by atoms with Gasteiger partial charge in [0.25, 0.3) is 0 Å². The predicted molar refractivity (Wildman–Crippen MR) is 358 cm³/mol. The molecular weight excluding hydrogens is 1330 g/mol. The Morgan fingerprint density at radius 2 is 0.556 bits per heavy atom. The van der Waals surface area contributed by atoms with Gasteiger partial charge in [-0.15, -0.1) is 0 Å². The first-order valence-electron chi connectivity index (χ1n) is 34.5. The number of methoxy groups -OCH3 is 2. The summed E-state index contributed by atoms with van der Waals surface area (Å²) in [7, 11) is -4.76. The number of nitriles is 2. The van der Waals surface area contributed by atoms with Crippen molar-refractivity contribution in [3.8, 4) is 12.1 Å². The number of unbranched alkanes of at least 4 members (excludes halogenated alkanes) is 35. The van der Waals surface area contributed by atoms with Gasteiger partial charge in [-0.05, 0) is 38.5 Å². The Hall–Kier alpha value is -2.04. The van der Waals surface area contributed by atoms with Gasteiger partial charge in [0.05, 0.1) is 64.6 Å². The van der Waals surface area contributed by atoms with Gasteiger partial charge >= 0.3 is 39.5 Å². The molecule has 24 heteroatoms. The van der Waals surface area contributed by atoms with Crippen LogP contribution >= 0.6 is 47.5 Å². The fourth-order valence-electron chi connectivity index (χ4n) is 9.74. The second kappa shape index (κ2) is 67.0. The molecule has 0 aliphatic heterocycles. The van der Waals surface area contributed by atoms with E-state index in [1.165, 1.54) is 128 Å². The first-order chi connectivity index (χ1) is 43.9. The van der Waals surface area contributed by atoms with Crippen molar-refractivity contribution in [2.45, 2.75) is 295 Å². The number of carbonyl (C=O) groups is 4. The minimum Gasteiger partial charge on any atom is -0.462 e. The van der Waals surface area contributed by atoms with E-state index in [1.54, 1.807) is 14.2 Å². The van der Waals surface area contributed by atoms with Crippen molar-refractivity contribution >= 4 is 71.4 Å². The lowest BCUT2D eigenvalue weighted by atomic mass is 10.0. The average molecular weight is 1450 g/mol. The lowest BCUT2D eigenvalue weighted by molar-refractivity contribution is -0.161. The van der Waals surface area contributed by atoms with E-state index in [-0.39, 0.29) is 91.4 Å². The molecule has 0 radical (unpaired) electrons. The molecule has 2 unspecified atom stereocenters. The van der Waals surface area contributed by atoms with Gasteiger partial charge < -0.3 is 28.4 Å². The Labute approximate surface area is 560 Å². The second-order valence-electron chi connectivity index (χ2n) is 23.0. The Bertz CT molecular complexity index is 1750. The summed E-state index contributed by atoms with van der Waals surface area (Å²) in [5.41, 5.74) is 0. The van der Waals surface area contributed by atoms with Gasteiger partial charge in [0.1, 0.15) is 13.2 Å². The van der Waals surface area contributed by atoms with E-state index in [4.69, 9.17) is 66.1 Å². The van der Waals surface area contributed by atoms with Crippen LogP contribution in [0, 0.1) is 22.7 Å². The van der Waals surface area contributed by atoms with E-state index < -0.39 is 51.7 Å². The number of hydrogen-bond acceptors (Lipinski definition) is 20. The van der Waals surface area contributed by atoms with E-state index >= 15 is 0 Å². The zero-order valence-corrected chi connectivity index (χ0v) is 60.6. The number of esters is 4. The first kappa shape index (κ1) is 88.0. The summed E-state index contributed by atoms with van der Waals surface area (Å²) in [6, 6.07) is 3.83. The van der Waals surface area contributed by atoms with E-state index in [1.807, 2.05) is 12.1 Å². The molecule has 0 aromatic rings. The molecule has 0 fully saturated rings. The molecule has 0 amide bonds. The largest absolute Gasteiger partial charge is 0.474 e. The third-order valence-corrected chi connectivity index (χ3v) is 18.4. The SMILES string of the molecule is COCCCCCCCC(=O)O[C@H](COC(=O)CCCCCCCCCCCCCCCCCCCCCCCCCCCCCCC(=O)OC[C@H](COP(=O)(OCCBr)OCCC#N)OC(=O)CCCCCCCOC)COP(=O)(OCCBr)OCCC#N. The zero-order valence-electron chi connectivity index (χ0n) is 55.6. The van der Waals surface area contributed by atoms with Crippen molar-refractivity contribution < 1.29 is 83.9 Å². The number of hydrogen-bond donors (Lipinski definition) is 0. The highest BCUT2D eigenvalue weighted by atomic mass is 79.9. The van der Waals surface area contributed by atoms with E-state index in [0.717, 1.165) is 89.9 Å². The van der Waals surface area contributed by atoms with Crippen LogP contribution in [-0.4, -0.2) is 127 Å². The Morgan fingerprint density at radius 3 is 0.800 bits per heavy atom. The van der Waals surface area contributed by atoms with Crippen LogP contribution in [0.3, 0.4) is 0 Å². The molecule has 0 N–H and O–H groups in total.